The van der Waals surface area contributed by atoms with E-state index in [0.29, 0.717) is 18.5 Å². The maximum absolute atomic E-state index is 12.4. The van der Waals surface area contributed by atoms with E-state index in [-0.39, 0.29) is 5.91 Å². The van der Waals surface area contributed by atoms with Gasteiger partial charge >= 0.3 is 0 Å². The smallest absolute Gasteiger partial charge is 0.251 e. The number of rotatable bonds is 11. The number of amides is 1. The Bertz CT molecular complexity index is 755. The molecule has 0 saturated carbocycles. The van der Waals surface area contributed by atoms with Crippen molar-refractivity contribution in [3.63, 3.8) is 0 Å². The van der Waals surface area contributed by atoms with Gasteiger partial charge in [-0.25, -0.2) is 0 Å². The minimum absolute atomic E-state index is 0.0708. The Balaban J connectivity index is 1.88. The molecule has 0 atom stereocenters. The Kier molecular flexibility index (Phi) is 8.43. The van der Waals surface area contributed by atoms with Crippen molar-refractivity contribution in [1.82, 2.24) is 5.32 Å². The van der Waals surface area contributed by atoms with Crippen LogP contribution in [0, 0.1) is 0 Å². The van der Waals surface area contributed by atoms with E-state index in [1.165, 1.54) is 5.56 Å². The minimum Gasteiger partial charge on any atom is -0.496 e. The van der Waals surface area contributed by atoms with E-state index >= 15 is 0 Å². The number of carbonyl (C=O) groups is 1. The number of allylic oxidation sites excluding steroid dienone is 1. The van der Waals surface area contributed by atoms with Crippen LogP contribution < -0.4 is 14.8 Å². The van der Waals surface area contributed by atoms with Gasteiger partial charge in [0.2, 0.25) is 0 Å². The summed E-state index contributed by atoms with van der Waals surface area (Å²) >= 11 is 0. The highest BCUT2D eigenvalue weighted by molar-refractivity contribution is 5.94. The minimum atomic E-state index is -0.0708. The zero-order valence-electron chi connectivity index (χ0n) is 16.3. The van der Waals surface area contributed by atoms with Crippen LogP contribution in [0.1, 0.15) is 41.3 Å². The summed E-state index contributed by atoms with van der Waals surface area (Å²) in [6, 6.07) is 13.6. The first-order valence-corrected chi connectivity index (χ1v) is 9.46. The molecule has 0 aliphatic carbocycles. The molecule has 2 rings (SSSR count). The molecule has 0 saturated heterocycles. The Hall–Kier alpha value is -2.75. The largest absolute Gasteiger partial charge is 0.496 e. The number of hydrogen-bond donors (Lipinski definition) is 1. The van der Waals surface area contributed by atoms with Crippen molar-refractivity contribution in [3.05, 3.63) is 71.8 Å². The molecule has 0 aliphatic heterocycles. The van der Waals surface area contributed by atoms with E-state index in [2.05, 4.69) is 24.9 Å². The monoisotopic (exact) mass is 367 g/mol. The molecule has 0 aliphatic rings. The van der Waals surface area contributed by atoms with Crippen molar-refractivity contribution in [2.75, 3.05) is 20.3 Å². The average Bonchev–Trinajstić information content (AvgIpc) is 2.70. The number of carbonyl (C=O) groups excluding carboxylic acids is 1. The number of benzene rings is 2. The molecule has 1 N–H and O–H groups in total. The number of aryl methyl sites for hydroxylation is 1. The van der Waals surface area contributed by atoms with Crippen molar-refractivity contribution >= 4 is 5.91 Å². The highest BCUT2D eigenvalue weighted by Crippen LogP contribution is 2.21. The third kappa shape index (κ3) is 6.17. The van der Waals surface area contributed by atoms with Crippen molar-refractivity contribution < 1.29 is 14.3 Å². The Morgan fingerprint density at radius 1 is 1.15 bits per heavy atom. The van der Waals surface area contributed by atoms with Gasteiger partial charge in [-0.2, -0.15) is 0 Å². The zero-order chi connectivity index (χ0) is 19.5. The fourth-order valence-corrected chi connectivity index (χ4v) is 2.88. The van der Waals surface area contributed by atoms with Gasteiger partial charge in [-0.1, -0.05) is 31.2 Å². The molecule has 0 fully saturated rings. The highest BCUT2D eigenvalue weighted by Gasteiger charge is 2.09. The fraction of sp³-hybridized carbons (Fsp3) is 0.348. The van der Waals surface area contributed by atoms with Gasteiger partial charge in [-0.15, -0.1) is 6.58 Å². The molecule has 2 aromatic carbocycles. The molecule has 0 radical (unpaired) electrons. The predicted octanol–water partition coefficient (Wildman–Crippen LogP) is 4.58. The molecule has 0 spiro atoms. The molecule has 0 heterocycles. The molecule has 4 nitrogen and oxygen atoms in total. The van der Waals surface area contributed by atoms with Crippen LogP contribution in [0.25, 0.3) is 0 Å². The third-order valence-electron chi connectivity index (χ3n) is 4.25. The number of ether oxygens (including phenoxy) is 2. The van der Waals surface area contributed by atoms with E-state index in [9.17, 15) is 4.79 Å². The summed E-state index contributed by atoms with van der Waals surface area (Å²) in [5.74, 6) is 1.64. The van der Waals surface area contributed by atoms with Crippen LogP contribution >= 0.6 is 0 Å². The second kappa shape index (κ2) is 11.1. The second-order valence-corrected chi connectivity index (χ2v) is 6.34. The van der Waals surface area contributed by atoms with Gasteiger partial charge in [-0.05, 0) is 61.1 Å². The fourth-order valence-electron chi connectivity index (χ4n) is 2.88. The van der Waals surface area contributed by atoms with Crippen LogP contribution in [0.15, 0.2) is 55.1 Å². The van der Waals surface area contributed by atoms with E-state index < -0.39 is 0 Å². The topological polar surface area (TPSA) is 47.6 Å². The second-order valence-electron chi connectivity index (χ2n) is 6.34. The predicted molar refractivity (Wildman–Crippen MR) is 110 cm³/mol. The molecule has 4 heteroatoms. The molecule has 27 heavy (non-hydrogen) atoms. The number of methoxy groups -OCH3 is 1. The molecule has 1 amide bonds. The van der Waals surface area contributed by atoms with Crippen LogP contribution in [-0.2, 0) is 12.8 Å². The maximum atomic E-state index is 12.4. The summed E-state index contributed by atoms with van der Waals surface area (Å²) in [6.07, 6.45) is 5.18. The number of nitrogens with one attached hydrogen (secondary N) is 1. The summed E-state index contributed by atoms with van der Waals surface area (Å²) in [5.41, 5.74) is 2.78. The maximum Gasteiger partial charge on any atom is 0.251 e. The molecular weight excluding hydrogens is 338 g/mol. The SMILES string of the molecule is C=CCc1cc(C(=O)NCCCc2ccccc2OCCC)ccc1OC. The van der Waals surface area contributed by atoms with E-state index in [1.54, 1.807) is 19.3 Å². The lowest BCUT2D eigenvalue weighted by molar-refractivity contribution is 0.0953. The van der Waals surface area contributed by atoms with Crippen molar-refractivity contribution in [1.29, 1.82) is 0 Å². The van der Waals surface area contributed by atoms with Crippen molar-refractivity contribution in [2.45, 2.75) is 32.6 Å². The van der Waals surface area contributed by atoms with Crippen molar-refractivity contribution in [3.8, 4) is 11.5 Å². The Labute approximate surface area is 162 Å². The highest BCUT2D eigenvalue weighted by atomic mass is 16.5. The Morgan fingerprint density at radius 3 is 2.70 bits per heavy atom. The van der Waals surface area contributed by atoms with Crippen LogP contribution in [-0.4, -0.2) is 26.2 Å². The normalized spacial score (nSPS) is 10.3. The van der Waals surface area contributed by atoms with Crippen LogP contribution in [0.3, 0.4) is 0 Å². The van der Waals surface area contributed by atoms with Gasteiger partial charge in [-0.3, -0.25) is 4.79 Å². The first-order chi connectivity index (χ1) is 13.2. The molecule has 0 aromatic heterocycles. The lowest BCUT2D eigenvalue weighted by atomic mass is 10.1. The Morgan fingerprint density at radius 2 is 1.96 bits per heavy atom. The van der Waals surface area contributed by atoms with Gasteiger partial charge < -0.3 is 14.8 Å². The van der Waals surface area contributed by atoms with Gasteiger partial charge in [0.05, 0.1) is 13.7 Å². The summed E-state index contributed by atoms with van der Waals surface area (Å²) in [6.45, 7) is 7.19. The van der Waals surface area contributed by atoms with Gasteiger partial charge in [0.1, 0.15) is 11.5 Å². The summed E-state index contributed by atoms with van der Waals surface area (Å²) in [5, 5.41) is 2.99. The standard InChI is InChI=1S/C23H29NO3/c1-4-9-19-17-20(13-14-21(19)26-3)23(25)24-15-8-11-18-10-6-7-12-22(18)27-16-5-2/h4,6-7,10,12-14,17H,1,5,8-9,11,15-16H2,2-3H3,(H,24,25). The van der Waals surface area contributed by atoms with Crippen LogP contribution in [0.2, 0.25) is 0 Å². The lowest BCUT2D eigenvalue weighted by Crippen LogP contribution is -2.25. The molecule has 144 valence electrons. The van der Waals surface area contributed by atoms with Crippen LogP contribution in [0.4, 0.5) is 0 Å². The van der Waals surface area contributed by atoms with Gasteiger partial charge in [0, 0.05) is 12.1 Å². The first-order valence-electron chi connectivity index (χ1n) is 9.46. The van der Waals surface area contributed by atoms with E-state index in [1.807, 2.05) is 30.3 Å². The van der Waals surface area contributed by atoms with E-state index in [0.717, 1.165) is 42.9 Å². The summed E-state index contributed by atoms with van der Waals surface area (Å²) in [7, 11) is 1.63. The molecule has 0 unspecified atom stereocenters. The lowest BCUT2D eigenvalue weighted by Gasteiger charge is -2.12. The van der Waals surface area contributed by atoms with E-state index in [4.69, 9.17) is 9.47 Å². The first kappa shape index (κ1) is 20.6. The molecule has 0 bridgehead atoms. The summed E-state index contributed by atoms with van der Waals surface area (Å²) < 4.78 is 11.1. The quantitative estimate of drug-likeness (QED) is 0.467. The molecular formula is C23H29NO3. The number of para-hydroxylation sites is 1. The zero-order valence-corrected chi connectivity index (χ0v) is 16.3. The van der Waals surface area contributed by atoms with Gasteiger partial charge in [0.15, 0.2) is 0 Å². The van der Waals surface area contributed by atoms with Crippen LogP contribution in [0.5, 0.6) is 11.5 Å². The van der Waals surface area contributed by atoms with Crippen molar-refractivity contribution in [2.24, 2.45) is 0 Å². The average molecular weight is 367 g/mol. The number of hydrogen-bond acceptors (Lipinski definition) is 3. The third-order valence-corrected chi connectivity index (χ3v) is 4.25. The van der Waals surface area contributed by atoms with Gasteiger partial charge in [0.25, 0.3) is 5.91 Å². The summed E-state index contributed by atoms with van der Waals surface area (Å²) in [4.78, 5) is 12.4. The molecule has 2 aromatic rings.